The Morgan fingerprint density at radius 2 is 1.97 bits per heavy atom. The number of nitrogens with one attached hydrogen (secondary N) is 2. The molecule has 1 aliphatic carbocycles. The van der Waals surface area contributed by atoms with Crippen LogP contribution in [0.15, 0.2) is 27.8 Å². The number of nitrogens with zero attached hydrogens (tertiary/aromatic N) is 2. The van der Waals surface area contributed by atoms with Crippen LogP contribution in [0.25, 0.3) is 0 Å². The maximum Gasteiger partial charge on any atom is 0.191 e. The fourth-order valence-corrected chi connectivity index (χ4v) is 4.75. The Bertz CT molecular complexity index is 576. The number of hydrogen-bond donors (Lipinski definition) is 3. The molecular formula is C22H39IN4O2. The highest BCUT2D eigenvalue weighted by molar-refractivity contribution is 14.0. The van der Waals surface area contributed by atoms with Gasteiger partial charge in [0.2, 0.25) is 0 Å². The lowest BCUT2D eigenvalue weighted by molar-refractivity contribution is 0.137. The minimum Gasteiger partial charge on any atom is -0.468 e. The molecule has 2 heterocycles. The zero-order valence-electron chi connectivity index (χ0n) is 17.9. The Hall–Kier alpha value is -0.800. The molecule has 1 aromatic heterocycles. The number of aliphatic hydroxyl groups excluding tert-OH is 1. The maximum absolute atomic E-state index is 9.56. The van der Waals surface area contributed by atoms with Crippen LogP contribution in [0.5, 0.6) is 0 Å². The Morgan fingerprint density at radius 1 is 1.21 bits per heavy atom. The standard InChI is InChI=1S/C22H38N4O2.HI/c1-2-23-21(25-18-22(12-15-27)10-4-3-5-11-22)24-17-19(20-9-8-16-28-20)26-13-6-7-14-26;/h8-9,16,19,27H,2-7,10-15,17-18H2,1H3,(H2,23,24,25);1H. The lowest BCUT2D eigenvalue weighted by atomic mass is 9.72. The van der Waals surface area contributed by atoms with Crippen LogP contribution in [0.2, 0.25) is 0 Å². The second-order valence-corrected chi connectivity index (χ2v) is 8.38. The first-order valence-electron chi connectivity index (χ1n) is 11.2. The van der Waals surface area contributed by atoms with Crippen LogP contribution >= 0.6 is 24.0 Å². The van der Waals surface area contributed by atoms with Gasteiger partial charge in [-0.1, -0.05) is 19.3 Å². The number of aliphatic hydroxyl groups is 1. The fourth-order valence-electron chi connectivity index (χ4n) is 4.75. The van der Waals surface area contributed by atoms with Crippen LogP contribution in [-0.4, -0.2) is 55.3 Å². The maximum atomic E-state index is 9.56. The van der Waals surface area contributed by atoms with Gasteiger partial charge in [0.1, 0.15) is 5.76 Å². The van der Waals surface area contributed by atoms with E-state index < -0.39 is 0 Å². The number of likely N-dealkylation sites (tertiary alicyclic amines) is 1. The molecule has 1 unspecified atom stereocenters. The van der Waals surface area contributed by atoms with Crippen molar-refractivity contribution in [3.05, 3.63) is 24.2 Å². The molecule has 3 rings (SSSR count). The molecule has 3 N–H and O–H groups in total. The summed E-state index contributed by atoms with van der Waals surface area (Å²) in [6, 6.07) is 4.29. The van der Waals surface area contributed by atoms with E-state index in [2.05, 4.69) is 28.5 Å². The Morgan fingerprint density at radius 3 is 2.59 bits per heavy atom. The van der Waals surface area contributed by atoms with Crippen molar-refractivity contribution >= 4 is 29.9 Å². The normalized spacial score (nSPS) is 20.8. The second-order valence-electron chi connectivity index (χ2n) is 8.38. The number of hydrogen-bond acceptors (Lipinski definition) is 4. The summed E-state index contributed by atoms with van der Waals surface area (Å²) in [5, 5.41) is 16.5. The Balaban J connectivity index is 0.00000300. The molecule has 1 saturated heterocycles. The molecule has 1 saturated carbocycles. The van der Waals surface area contributed by atoms with E-state index in [0.717, 1.165) is 50.9 Å². The van der Waals surface area contributed by atoms with Crippen molar-refractivity contribution in [2.75, 3.05) is 39.3 Å². The number of furan rings is 1. The topological polar surface area (TPSA) is 73.0 Å². The van der Waals surface area contributed by atoms with E-state index in [1.165, 1.54) is 44.9 Å². The molecule has 2 aliphatic rings. The summed E-state index contributed by atoms with van der Waals surface area (Å²) in [6.07, 6.45) is 11.3. The van der Waals surface area contributed by atoms with E-state index in [-0.39, 0.29) is 42.0 Å². The highest BCUT2D eigenvalue weighted by atomic mass is 127. The number of aliphatic imine (C=N–C) groups is 1. The monoisotopic (exact) mass is 518 g/mol. The van der Waals surface area contributed by atoms with Crippen molar-refractivity contribution in [2.45, 2.75) is 64.3 Å². The summed E-state index contributed by atoms with van der Waals surface area (Å²) in [6.45, 7) is 7.03. The van der Waals surface area contributed by atoms with Crippen LogP contribution < -0.4 is 10.6 Å². The SMILES string of the molecule is CCNC(=NCC1(CCO)CCCCC1)NCC(c1ccco1)N1CCCC1.I. The van der Waals surface area contributed by atoms with Crippen LogP contribution in [0.3, 0.4) is 0 Å². The predicted octanol–water partition coefficient (Wildman–Crippen LogP) is 3.92. The molecule has 6 nitrogen and oxygen atoms in total. The van der Waals surface area contributed by atoms with Gasteiger partial charge in [-0.3, -0.25) is 9.89 Å². The van der Waals surface area contributed by atoms with Crippen molar-refractivity contribution in [3.63, 3.8) is 0 Å². The van der Waals surface area contributed by atoms with Gasteiger partial charge in [0.25, 0.3) is 0 Å². The highest BCUT2D eigenvalue weighted by Crippen LogP contribution is 2.39. The van der Waals surface area contributed by atoms with E-state index in [1.54, 1.807) is 6.26 Å². The van der Waals surface area contributed by atoms with Gasteiger partial charge in [0.15, 0.2) is 5.96 Å². The first kappa shape index (κ1) is 24.5. The van der Waals surface area contributed by atoms with Crippen molar-refractivity contribution in [2.24, 2.45) is 10.4 Å². The zero-order chi connectivity index (χ0) is 19.7. The van der Waals surface area contributed by atoms with Gasteiger partial charge in [-0.05, 0) is 69.7 Å². The Kier molecular flexibility index (Phi) is 10.8. The second kappa shape index (κ2) is 12.8. The molecule has 1 aliphatic heterocycles. The molecule has 7 heteroatoms. The van der Waals surface area contributed by atoms with E-state index in [1.807, 2.05) is 6.07 Å². The minimum absolute atomic E-state index is 0. The molecular weight excluding hydrogens is 479 g/mol. The van der Waals surface area contributed by atoms with Crippen molar-refractivity contribution in [3.8, 4) is 0 Å². The van der Waals surface area contributed by atoms with Crippen LogP contribution in [0.4, 0.5) is 0 Å². The van der Waals surface area contributed by atoms with Crippen LogP contribution in [0.1, 0.15) is 70.1 Å². The van der Waals surface area contributed by atoms with E-state index in [4.69, 9.17) is 9.41 Å². The number of guanidine groups is 1. The highest BCUT2D eigenvalue weighted by Gasteiger charge is 2.31. The summed E-state index contributed by atoms with van der Waals surface area (Å²) < 4.78 is 5.73. The van der Waals surface area contributed by atoms with Gasteiger partial charge in [0.05, 0.1) is 12.3 Å². The third-order valence-corrected chi connectivity index (χ3v) is 6.39. The minimum atomic E-state index is 0. The van der Waals surface area contributed by atoms with E-state index in [0.29, 0.717) is 0 Å². The average molecular weight is 518 g/mol. The third kappa shape index (κ3) is 7.14. The molecule has 1 aromatic rings. The molecule has 0 amide bonds. The van der Waals surface area contributed by atoms with E-state index >= 15 is 0 Å². The van der Waals surface area contributed by atoms with Crippen molar-refractivity contribution in [1.29, 1.82) is 0 Å². The molecule has 1 atom stereocenters. The predicted molar refractivity (Wildman–Crippen MR) is 129 cm³/mol. The molecule has 0 radical (unpaired) electrons. The number of halogens is 1. The summed E-state index contributed by atoms with van der Waals surface area (Å²) in [7, 11) is 0. The van der Waals surface area contributed by atoms with Crippen LogP contribution in [-0.2, 0) is 0 Å². The summed E-state index contributed by atoms with van der Waals surface area (Å²) in [4.78, 5) is 7.45. The van der Waals surface area contributed by atoms with E-state index in [9.17, 15) is 5.11 Å². The summed E-state index contributed by atoms with van der Waals surface area (Å²) in [5.74, 6) is 1.90. The Labute approximate surface area is 192 Å². The largest absolute Gasteiger partial charge is 0.468 e. The molecule has 0 spiro atoms. The van der Waals surface area contributed by atoms with Crippen molar-refractivity contribution in [1.82, 2.24) is 15.5 Å². The molecule has 0 bridgehead atoms. The molecule has 2 fully saturated rings. The van der Waals surface area contributed by atoms with Gasteiger partial charge in [-0.2, -0.15) is 0 Å². The number of rotatable bonds is 9. The third-order valence-electron chi connectivity index (χ3n) is 6.39. The van der Waals surface area contributed by atoms with Crippen LogP contribution in [0, 0.1) is 5.41 Å². The van der Waals surface area contributed by atoms with Gasteiger partial charge in [0, 0.05) is 26.2 Å². The summed E-state index contributed by atoms with van der Waals surface area (Å²) in [5.41, 5.74) is 0.171. The summed E-state index contributed by atoms with van der Waals surface area (Å²) >= 11 is 0. The molecule has 29 heavy (non-hydrogen) atoms. The fraction of sp³-hybridized carbons (Fsp3) is 0.773. The first-order chi connectivity index (χ1) is 13.8. The van der Waals surface area contributed by atoms with Gasteiger partial charge < -0.3 is 20.2 Å². The van der Waals surface area contributed by atoms with Gasteiger partial charge in [-0.25, -0.2) is 0 Å². The smallest absolute Gasteiger partial charge is 0.191 e. The quantitative estimate of drug-likeness (QED) is 0.263. The first-order valence-corrected chi connectivity index (χ1v) is 11.2. The average Bonchev–Trinajstić information content (AvgIpc) is 3.42. The lowest BCUT2D eigenvalue weighted by Gasteiger charge is -2.36. The van der Waals surface area contributed by atoms with Gasteiger partial charge >= 0.3 is 0 Å². The molecule has 0 aromatic carbocycles. The molecule has 166 valence electrons. The van der Waals surface area contributed by atoms with Crippen molar-refractivity contribution < 1.29 is 9.52 Å². The van der Waals surface area contributed by atoms with Gasteiger partial charge in [-0.15, -0.1) is 24.0 Å². The lowest BCUT2D eigenvalue weighted by Crippen LogP contribution is -2.43. The zero-order valence-corrected chi connectivity index (χ0v) is 20.2.